The molecule has 9 heteroatoms. The number of hydrogen-bond acceptors (Lipinski definition) is 5. The molecule has 3 N–H and O–H groups in total. The Labute approximate surface area is 155 Å². The first-order valence-corrected chi connectivity index (χ1v) is 8.51. The molecule has 0 saturated heterocycles. The Morgan fingerprint density at radius 2 is 2.04 bits per heavy atom. The summed E-state index contributed by atoms with van der Waals surface area (Å²) in [7, 11) is 1.40. The molecule has 0 bridgehead atoms. The van der Waals surface area contributed by atoms with E-state index in [0.717, 1.165) is 11.3 Å². The van der Waals surface area contributed by atoms with Crippen LogP contribution in [0.25, 0.3) is 0 Å². The lowest BCUT2D eigenvalue weighted by Crippen LogP contribution is -2.40. The van der Waals surface area contributed by atoms with E-state index in [4.69, 9.17) is 22.1 Å². The van der Waals surface area contributed by atoms with Gasteiger partial charge in [0.25, 0.3) is 11.5 Å². The molecule has 0 unspecified atom stereocenters. The van der Waals surface area contributed by atoms with Crippen molar-refractivity contribution in [3.05, 3.63) is 50.1 Å². The van der Waals surface area contributed by atoms with Crippen LogP contribution in [-0.4, -0.2) is 29.1 Å². The number of nitrogens with one attached hydrogen (secondary N) is 1. The van der Waals surface area contributed by atoms with Crippen molar-refractivity contribution in [2.45, 2.75) is 26.3 Å². The highest BCUT2D eigenvalue weighted by atomic mass is 35.5. The van der Waals surface area contributed by atoms with Gasteiger partial charge in [0.1, 0.15) is 11.6 Å². The topological polar surface area (TPSA) is 110 Å². The number of H-pyrrole nitrogens is 1. The van der Waals surface area contributed by atoms with Crippen molar-refractivity contribution in [1.82, 2.24) is 9.55 Å². The molecule has 2 rings (SSSR count). The van der Waals surface area contributed by atoms with E-state index in [1.54, 1.807) is 24.3 Å². The number of benzene rings is 1. The number of carbonyl (C=O) groups is 1. The number of amides is 1. The first-order chi connectivity index (χ1) is 12.4. The maximum atomic E-state index is 12.4. The maximum absolute atomic E-state index is 12.4. The summed E-state index contributed by atoms with van der Waals surface area (Å²) in [6.45, 7) is 1.98. The Kier molecular flexibility index (Phi) is 6.46. The number of anilines is 2. The van der Waals surface area contributed by atoms with Gasteiger partial charge in [-0.05, 0) is 18.6 Å². The molecule has 0 radical (unpaired) electrons. The van der Waals surface area contributed by atoms with Gasteiger partial charge in [-0.2, -0.15) is 0 Å². The van der Waals surface area contributed by atoms with Gasteiger partial charge >= 0.3 is 5.69 Å². The summed E-state index contributed by atoms with van der Waals surface area (Å²) < 4.78 is 6.64. The number of nitrogen functional groups attached to an aromatic ring is 1. The van der Waals surface area contributed by atoms with Crippen molar-refractivity contribution in [2.75, 3.05) is 24.3 Å². The molecule has 140 valence electrons. The number of aromatic amines is 1. The minimum atomic E-state index is -0.728. The molecule has 8 nitrogen and oxygen atoms in total. The predicted octanol–water partition coefficient (Wildman–Crippen LogP) is 1.61. The zero-order valence-electron chi connectivity index (χ0n) is 14.6. The molecule has 0 aliphatic carbocycles. The average Bonchev–Trinajstić information content (AvgIpc) is 2.60. The summed E-state index contributed by atoms with van der Waals surface area (Å²) in [4.78, 5) is 39.8. The summed E-state index contributed by atoms with van der Waals surface area (Å²) in [6.07, 6.45) is 1.56. The number of hydrogen-bond donors (Lipinski definition) is 2. The van der Waals surface area contributed by atoms with E-state index in [1.807, 2.05) is 6.92 Å². The second kappa shape index (κ2) is 8.57. The Morgan fingerprint density at radius 1 is 1.35 bits per heavy atom. The fourth-order valence-electron chi connectivity index (χ4n) is 2.36. The van der Waals surface area contributed by atoms with Gasteiger partial charge < -0.3 is 15.4 Å². The normalized spacial score (nSPS) is 10.6. The van der Waals surface area contributed by atoms with E-state index < -0.39 is 17.2 Å². The number of ether oxygens (including phenoxy) is 1. The van der Waals surface area contributed by atoms with Crippen molar-refractivity contribution in [1.29, 1.82) is 0 Å². The number of carbonyl (C=O) groups excluding carboxylic acids is 1. The SMILES string of the molecule is CCCCn1c(N)c(N(C)C(=O)COc2ccccc2Cl)c(=O)[nH]c1=O. The van der Waals surface area contributed by atoms with Gasteiger partial charge in [-0.1, -0.05) is 37.1 Å². The molecular formula is C17H21ClN4O4. The molecule has 1 heterocycles. The smallest absolute Gasteiger partial charge is 0.330 e. The minimum absolute atomic E-state index is 0.0548. The zero-order valence-corrected chi connectivity index (χ0v) is 15.4. The summed E-state index contributed by atoms with van der Waals surface area (Å²) in [5.41, 5.74) is 4.57. The Bertz CT molecular complexity index is 906. The third kappa shape index (κ3) is 4.26. The molecule has 26 heavy (non-hydrogen) atoms. The van der Waals surface area contributed by atoms with E-state index in [-0.39, 0.29) is 18.1 Å². The lowest BCUT2D eigenvalue weighted by atomic mass is 10.3. The van der Waals surface area contributed by atoms with Crippen LogP contribution in [0.3, 0.4) is 0 Å². The Morgan fingerprint density at radius 3 is 2.69 bits per heavy atom. The van der Waals surface area contributed by atoms with Gasteiger partial charge in [0.05, 0.1) is 5.02 Å². The van der Waals surface area contributed by atoms with Crippen LogP contribution >= 0.6 is 11.6 Å². The molecule has 0 atom stereocenters. The zero-order chi connectivity index (χ0) is 19.3. The van der Waals surface area contributed by atoms with Crippen molar-refractivity contribution in [3.8, 4) is 5.75 Å². The number of para-hydroxylation sites is 1. The highest BCUT2D eigenvalue weighted by Gasteiger charge is 2.21. The highest BCUT2D eigenvalue weighted by Crippen LogP contribution is 2.23. The van der Waals surface area contributed by atoms with Crippen LogP contribution in [-0.2, 0) is 11.3 Å². The molecule has 2 aromatic rings. The van der Waals surface area contributed by atoms with Crippen LogP contribution < -0.4 is 26.6 Å². The summed E-state index contributed by atoms with van der Waals surface area (Å²) in [5, 5.41) is 0.369. The monoisotopic (exact) mass is 380 g/mol. The summed E-state index contributed by atoms with van der Waals surface area (Å²) in [6, 6.07) is 6.73. The summed E-state index contributed by atoms with van der Waals surface area (Å²) in [5.74, 6) is -0.214. The number of nitrogens with zero attached hydrogens (tertiary/aromatic N) is 2. The van der Waals surface area contributed by atoms with E-state index in [0.29, 0.717) is 23.7 Å². The molecule has 0 spiro atoms. The second-order valence-corrected chi connectivity index (χ2v) is 6.08. The van der Waals surface area contributed by atoms with Gasteiger partial charge in [0.15, 0.2) is 12.3 Å². The molecule has 1 aromatic carbocycles. The van der Waals surface area contributed by atoms with Gasteiger partial charge in [-0.15, -0.1) is 0 Å². The molecular weight excluding hydrogens is 360 g/mol. The second-order valence-electron chi connectivity index (χ2n) is 5.67. The molecule has 0 aliphatic rings. The number of likely N-dealkylation sites (N-methyl/N-ethyl adjacent to an activating group) is 1. The molecule has 0 aliphatic heterocycles. The fraction of sp³-hybridized carbons (Fsp3) is 0.353. The fourth-order valence-corrected chi connectivity index (χ4v) is 2.55. The van der Waals surface area contributed by atoms with Crippen molar-refractivity contribution in [2.24, 2.45) is 0 Å². The third-order valence-electron chi connectivity index (χ3n) is 3.85. The number of halogens is 1. The van der Waals surface area contributed by atoms with E-state index in [1.165, 1.54) is 11.6 Å². The van der Waals surface area contributed by atoms with Crippen LogP contribution in [0.15, 0.2) is 33.9 Å². The highest BCUT2D eigenvalue weighted by molar-refractivity contribution is 6.32. The van der Waals surface area contributed by atoms with Crippen LogP contribution in [0.2, 0.25) is 5.02 Å². The number of rotatable bonds is 7. The van der Waals surface area contributed by atoms with Crippen molar-refractivity contribution < 1.29 is 9.53 Å². The largest absolute Gasteiger partial charge is 0.482 e. The molecule has 1 aromatic heterocycles. The van der Waals surface area contributed by atoms with Crippen LogP contribution in [0.1, 0.15) is 19.8 Å². The standard InChI is InChI=1S/C17H21ClN4O4/c1-3-4-9-22-15(19)14(16(24)20-17(22)25)21(2)13(23)10-26-12-8-6-5-7-11(12)18/h5-8H,3-4,9-10,19H2,1-2H3,(H,20,24,25). The third-order valence-corrected chi connectivity index (χ3v) is 4.16. The maximum Gasteiger partial charge on any atom is 0.330 e. The first-order valence-electron chi connectivity index (χ1n) is 8.13. The van der Waals surface area contributed by atoms with Gasteiger partial charge in [-0.25, -0.2) is 4.79 Å². The van der Waals surface area contributed by atoms with Crippen LogP contribution in [0.4, 0.5) is 11.5 Å². The Balaban J connectivity index is 2.24. The van der Waals surface area contributed by atoms with Crippen molar-refractivity contribution in [3.63, 3.8) is 0 Å². The number of unbranched alkanes of at least 4 members (excludes halogenated alkanes) is 1. The van der Waals surface area contributed by atoms with Crippen molar-refractivity contribution >= 4 is 29.0 Å². The first kappa shape index (κ1) is 19.6. The van der Waals surface area contributed by atoms with Crippen LogP contribution in [0.5, 0.6) is 5.75 Å². The van der Waals surface area contributed by atoms with E-state index >= 15 is 0 Å². The van der Waals surface area contributed by atoms with Gasteiger partial charge in [0.2, 0.25) is 0 Å². The quantitative estimate of drug-likeness (QED) is 0.758. The average molecular weight is 381 g/mol. The molecule has 0 fully saturated rings. The van der Waals surface area contributed by atoms with Gasteiger partial charge in [0, 0.05) is 13.6 Å². The number of aromatic nitrogens is 2. The Hall–Kier alpha value is -2.74. The van der Waals surface area contributed by atoms with Crippen LogP contribution in [0, 0.1) is 0 Å². The minimum Gasteiger partial charge on any atom is -0.482 e. The molecule has 0 saturated carbocycles. The lowest BCUT2D eigenvalue weighted by Gasteiger charge is -2.20. The molecule has 1 amide bonds. The van der Waals surface area contributed by atoms with E-state index in [2.05, 4.69) is 4.98 Å². The van der Waals surface area contributed by atoms with Gasteiger partial charge in [-0.3, -0.25) is 19.1 Å². The van der Waals surface area contributed by atoms with E-state index in [9.17, 15) is 14.4 Å². The summed E-state index contributed by atoms with van der Waals surface area (Å²) >= 11 is 5.98. The lowest BCUT2D eigenvalue weighted by molar-refractivity contribution is -0.120. The number of nitrogens with two attached hydrogens (primary N) is 1. The predicted molar refractivity (Wildman–Crippen MR) is 101 cm³/mol.